The molecule has 0 amide bonds. The molecule has 0 aliphatic rings. The van der Waals surface area contributed by atoms with Crippen LogP contribution in [-0.2, 0) is 0 Å². The molecule has 0 spiro atoms. The molecule has 0 aliphatic heterocycles. The number of aromatic nitrogens is 3. The van der Waals surface area contributed by atoms with Gasteiger partial charge in [-0.1, -0.05) is 11.2 Å². The van der Waals surface area contributed by atoms with E-state index in [9.17, 15) is 0 Å². The van der Waals surface area contributed by atoms with E-state index < -0.39 is 0 Å². The molecule has 80 valence electrons. The van der Waals surface area contributed by atoms with Crippen molar-refractivity contribution in [2.75, 3.05) is 5.73 Å². The van der Waals surface area contributed by atoms with Crippen LogP contribution in [0.25, 0.3) is 21.9 Å². The van der Waals surface area contributed by atoms with Crippen LogP contribution in [0.3, 0.4) is 0 Å². The topological polar surface area (TPSA) is 80.7 Å². The quantitative estimate of drug-likeness (QED) is 0.710. The molecular formula is C10H8N4OS. The van der Waals surface area contributed by atoms with E-state index in [-0.39, 0.29) is 0 Å². The van der Waals surface area contributed by atoms with Gasteiger partial charge in [-0.25, -0.2) is 0 Å². The van der Waals surface area contributed by atoms with Gasteiger partial charge in [0.15, 0.2) is 11.6 Å². The molecule has 0 bridgehead atoms. The third kappa shape index (κ3) is 1.31. The van der Waals surface area contributed by atoms with Crippen molar-refractivity contribution in [3.8, 4) is 21.9 Å². The Bertz CT molecular complexity index is 582. The van der Waals surface area contributed by atoms with Crippen LogP contribution >= 0.6 is 11.3 Å². The Balaban J connectivity index is 2.21. The van der Waals surface area contributed by atoms with Crippen LogP contribution in [0.1, 0.15) is 0 Å². The lowest BCUT2D eigenvalue weighted by Gasteiger charge is -1.96. The predicted octanol–water partition coefficient (Wildman–Crippen LogP) is 2.38. The largest absolute Gasteiger partial charge is 0.380 e. The van der Waals surface area contributed by atoms with Crippen molar-refractivity contribution in [1.29, 1.82) is 0 Å². The number of anilines is 1. The molecule has 16 heavy (non-hydrogen) atoms. The van der Waals surface area contributed by atoms with Crippen molar-refractivity contribution >= 4 is 17.2 Å². The second-order valence-corrected chi connectivity index (χ2v) is 4.17. The molecule has 0 unspecified atom stereocenters. The van der Waals surface area contributed by atoms with E-state index in [1.165, 1.54) is 0 Å². The fraction of sp³-hybridized carbons (Fsp3) is 0. The number of nitrogens with one attached hydrogen (secondary N) is 1. The normalized spacial score (nSPS) is 10.8. The molecule has 0 atom stereocenters. The van der Waals surface area contributed by atoms with Crippen LogP contribution in [0.15, 0.2) is 34.3 Å². The number of rotatable bonds is 2. The van der Waals surface area contributed by atoms with Crippen LogP contribution in [0.5, 0.6) is 0 Å². The number of aromatic amines is 1. The van der Waals surface area contributed by atoms with Crippen LogP contribution < -0.4 is 5.73 Å². The molecule has 6 heteroatoms. The Morgan fingerprint density at radius 2 is 2.31 bits per heavy atom. The van der Waals surface area contributed by atoms with Crippen molar-refractivity contribution in [3.05, 3.63) is 29.8 Å². The molecule has 0 saturated heterocycles. The Labute approximate surface area is 94.9 Å². The average Bonchev–Trinajstić information content (AvgIpc) is 2.96. The highest BCUT2D eigenvalue weighted by Crippen LogP contribution is 2.37. The minimum absolute atomic E-state index is 0.395. The molecule has 5 nitrogen and oxygen atoms in total. The summed E-state index contributed by atoms with van der Waals surface area (Å²) in [5, 5.41) is 12.5. The summed E-state index contributed by atoms with van der Waals surface area (Å²) in [5.74, 6) is 1.02. The molecule has 0 aliphatic carbocycles. The zero-order valence-electron chi connectivity index (χ0n) is 8.18. The van der Waals surface area contributed by atoms with E-state index in [4.69, 9.17) is 10.3 Å². The number of nitrogens with zero attached hydrogens (tertiary/aromatic N) is 2. The Morgan fingerprint density at radius 3 is 3.00 bits per heavy atom. The Kier molecular flexibility index (Phi) is 2.00. The van der Waals surface area contributed by atoms with E-state index in [2.05, 4.69) is 15.4 Å². The summed E-state index contributed by atoms with van der Waals surface area (Å²) in [5.41, 5.74) is 7.40. The molecule has 3 rings (SSSR count). The molecule has 0 radical (unpaired) electrons. The first-order valence-corrected chi connectivity index (χ1v) is 5.53. The summed E-state index contributed by atoms with van der Waals surface area (Å²) >= 11 is 1.59. The highest BCUT2D eigenvalue weighted by molar-refractivity contribution is 7.13. The molecule has 0 saturated carbocycles. The first kappa shape index (κ1) is 9.17. The summed E-state index contributed by atoms with van der Waals surface area (Å²) in [6, 6.07) is 5.76. The number of hydrogen-bond acceptors (Lipinski definition) is 5. The number of thiophene rings is 1. The lowest BCUT2D eigenvalue weighted by molar-refractivity contribution is 0.435. The summed E-state index contributed by atoms with van der Waals surface area (Å²) in [6.45, 7) is 0. The summed E-state index contributed by atoms with van der Waals surface area (Å²) in [4.78, 5) is 1.03. The smallest absolute Gasteiger partial charge is 0.195 e. The van der Waals surface area contributed by atoms with E-state index in [1.807, 2.05) is 23.6 Å². The minimum Gasteiger partial charge on any atom is -0.380 e. The van der Waals surface area contributed by atoms with Gasteiger partial charge in [0, 0.05) is 11.1 Å². The lowest BCUT2D eigenvalue weighted by atomic mass is 10.1. The van der Waals surface area contributed by atoms with Gasteiger partial charge in [-0.05, 0) is 17.5 Å². The van der Waals surface area contributed by atoms with Crippen molar-refractivity contribution in [2.24, 2.45) is 0 Å². The van der Waals surface area contributed by atoms with Crippen molar-refractivity contribution in [3.63, 3.8) is 0 Å². The molecule has 0 aromatic carbocycles. The molecule has 3 aromatic rings. The van der Waals surface area contributed by atoms with Gasteiger partial charge in [0.25, 0.3) is 0 Å². The van der Waals surface area contributed by atoms with Crippen LogP contribution in [0.4, 0.5) is 5.82 Å². The summed E-state index contributed by atoms with van der Waals surface area (Å²) < 4.78 is 5.22. The monoisotopic (exact) mass is 232 g/mol. The molecule has 0 fully saturated rings. The number of H-pyrrole nitrogens is 1. The SMILES string of the molecule is Nc1noc(-c2ccn[nH]2)c1-c1cccs1. The fourth-order valence-electron chi connectivity index (χ4n) is 1.53. The van der Waals surface area contributed by atoms with Gasteiger partial charge in [-0.3, -0.25) is 5.10 Å². The Hall–Kier alpha value is -2.08. The number of hydrogen-bond donors (Lipinski definition) is 2. The van der Waals surface area contributed by atoms with Gasteiger partial charge >= 0.3 is 0 Å². The fourth-order valence-corrected chi connectivity index (χ4v) is 2.30. The summed E-state index contributed by atoms with van der Waals surface area (Å²) in [6.07, 6.45) is 1.66. The molecule has 3 N–H and O–H groups in total. The van der Waals surface area contributed by atoms with E-state index >= 15 is 0 Å². The number of nitrogens with two attached hydrogens (primary N) is 1. The van der Waals surface area contributed by atoms with Gasteiger partial charge in [-0.2, -0.15) is 5.10 Å². The second kappa shape index (κ2) is 3.49. The van der Waals surface area contributed by atoms with Gasteiger partial charge in [-0.15, -0.1) is 11.3 Å². The highest BCUT2D eigenvalue weighted by atomic mass is 32.1. The molecule has 3 heterocycles. The maximum atomic E-state index is 5.81. The lowest BCUT2D eigenvalue weighted by Crippen LogP contribution is -1.87. The average molecular weight is 232 g/mol. The third-order valence-corrected chi connectivity index (χ3v) is 3.12. The second-order valence-electron chi connectivity index (χ2n) is 3.22. The van der Waals surface area contributed by atoms with E-state index in [0.29, 0.717) is 11.6 Å². The first-order chi connectivity index (χ1) is 7.86. The standard InChI is InChI=1S/C10H8N4OS/c11-10-8(7-2-1-5-16-7)9(15-14-10)6-3-4-12-13-6/h1-5H,(H2,11,14)(H,12,13). The highest BCUT2D eigenvalue weighted by Gasteiger charge is 2.18. The number of nitrogen functional groups attached to an aromatic ring is 1. The molecule has 3 aromatic heterocycles. The van der Waals surface area contributed by atoms with Crippen molar-refractivity contribution in [2.45, 2.75) is 0 Å². The predicted molar refractivity (Wildman–Crippen MR) is 61.8 cm³/mol. The van der Waals surface area contributed by atoms with Crippen LogP contribution in [-0.4, -0.2) is 15.4 Å². The maximum Gasteiger partial charge on any atom is 0.195 e. The van der Waals surface area contributed by atoms with E-state index in [1.54, 1.807) is 17.5 Å². The van der Waals surface area contributed by atoms with Crippen LogP contribution in [0, 0.1) is 0 Å². The zero-order valence-corrected chi connectivity index (χ0v) is 8.99. The maximum absolute atomic E-state index is 5.81. The first-order valence-electron chi connectivity index (χ1n) is 4.65. The van der Waals surface area contributed by atoms with Crippen LogP contribution in [0.2, 0.25) is 0 Å². The van der Waals surface area contributed by atoms with Gasteiger partial charge in [0.2, 0.25) is 0 Å². The van der Waals surface area contributed by atoms with Gasteiger partial charge in [0.05, 0.1) is 5.56 Å². The minimum atomic E-state index is 0.395. The summed E-state index contributed by atoms with van der Waals surface area (Å²) in [7, 11) is 0. The third-order valence-electron chi connectivity index (χ3n) is 2.23. The van der Waals surface area contributed by atoms with Crippen molar-refractivity contribution < 1.29 is 4.52 Å². The zero-order chi connectivity index (χ0) is 11.0. The van der Waals surface area contributed by atoms with E-state index in [0.717, 1.165) is 16.1 Å². The Morgan fingerprint density at radius 1 is 1.38 bits per heavy atom. The van der Waals surface area contributed by atoms with Gasteiger partial charge < -0.3 is 10.3 Å². The molecular weight excluding hydrogens is 224 g/mol. The van der Waals surface area contributed by atoms with Crippen molar-refractivity contribution in [1.82, 2.24) is 15.4 Å². The van der Waals surface area contributed by atoms with Gasteiger partial charge in [0.1, 0.15) is 5.69 Å².